The molecule has 1 rings (SSSR count). The summed E-state index contributed by atoms with van der Waals surface area (Å²) in [7, 11) is 0. The molecular weight excluding hydrogens is 224 g/mol. The summed E-state index contributed by atoms with van der Waals surface area (Å²) in [5.41, 5.74) is 0.504. The Labute approximate surface area is 98.7 Å². The van der Waals surface area contributed by atoms with E-state index in [0.717, 1.165) is 12.5 Å². The first-order valence-electron chi connectivity index (χ1n) is 5.24. The van der Waals surface area contributed by atoms with E-state index in [1.54, 1.807) is 0 Å². The van der Waals surface area contributed by atoms with E-state index < -0.39 is 11.9 Å². The van der Waals surface area contributed by atoms with E-state index in [-0.39, 0.29) is 5.75 Å². The minimum atomic E-state index is -1.07. The number of ether oxygens (including phenoxy) is 1. The first-order chi connectivity index (χ1) is 8.04. The van der Waals surface area contributed by atoms with E-state index in [4.69, 9.17) is 14.3 Å². The third-order valence-corrected chi connectivity index (χ3v) is 2.00. The Morgan fingerprint density at radius 1 is 1.53 bits per heavy atom. The largest absolute Gasteiger partial charge is 0.478 e. The summed E-state index contributed by atoms with van der Waals surface area (Å²) in [6.07, 6.45) is 5.17. The third-order valence-electron chi connectivity index (χ3n) is 2.00. The number of furan rings is 1. The monoisotopic (exact) mass is 238 g/mol. The van der Waals surface area contributed by atoms with Crippen LogP contribution in [-0.2, 0) is 16.0 Å². The molecule has 1 heterocycles. The van der Waals surface area contributed by atoms with Crippen molar-refractivity contribution in [1.29, 1.82) is 0 Å². The molecule has 92 valence electrons. The third kappa shape index (κ3) is 3.79. The van der Waals surface area contributed by atoms with Crippen molar-refractivity contribution in [2.24, 2.45) is 0 Å². The van der Waals surface area contributed by atoms with Crippen molar-refractivity contribution in [3.8, 4) is 5.75 Å². The van der Waals surface area contributed by atoms with Crippen LogP contribution in [0.15, 0.2) is 16.8 Å². The van der Waals surface area contributed by atoms with Gasteiger partial charge in [0.25, 0.3) is 0 Å². The molecule has 17 heavy (non-hydrogen) atoms. The molecule has 0 aliphatic carbocycles. The van der Waals surface area contributed by atoms with E-state index >= 15 is 0 Å². The first kappa shape index (κ1) is 13.0. The number of aryl methyl sites for hydroxylation is 1. The summed E-state index contributed by atoms with van der Waals surface area (Å²) >= 11 is 0. The number of rotatable bonds is 5. The summed E-state index contributed by atoms with van der Waals surface area (Å²) in [6.45, 7) is 3.25. The quantitative estimate of drug-likeness (QED) is 0.628. The molecule has 1 aromatic heterocycles. The summed E-state index contributed by atoms with van der Waals surface area (Å²) < 4.78 is 10.2. The maximum atomic E-state index is 10.9. The Hall–Kier alpha value is -2.04. The Morgan fingerprint density at radius 2 is 2.24 bits per heavy atom. The van der Waals surface area contributed by atoms with E-state index in [9.17, 15) is 9.59 Å². The fraction of sp³-hybridized carbons (Fsp3) is 0.333. The van der Waals surface area contributed by atoms with E-state index in [1.165, 1.54) is 19.3 Å². The summed E-state index contributed by atoms with van der Waals surface area (Å²) in [5, 5.41) is 8.58. The standard InChI is InChI=1S/C12H14O5/c1-3-4-10-9(5-6-12(14)15)11(7-16-10)17-8(2)13/h5-7H,3-4H2,1-2H3,(H,14,15)/b6-5+. The van der Waals surface area contributed by atoms with Gasteiger partial charge in [-0.05, 0) is 12.5 Å². The lowest BCUT2D eigenvalue weighted by Gasteiger charge is -1.99. The molecule has 0 aliphatic rings. The van der Waals surface area contributed by atoms with Crippen LogP contribution in [0.4, 0.5) is 0 Å². The van der Waals surface area contributed by atoms with Gasteiger partial charge in [0.15, 0.2) is 5.75 Å². The average Bonchev–Trinajstić information content (AvgIpc) is 2.58. The van der Waals surface area contributed by atoms with Crippen LogP contribution < -0.4 is 4.74 Å². The fourth-order valence-corrected chi connectivity index (χ4v) is 1.37. The Bertz CT molecular complexity index is 442. The molecule has 0 unspecified atom stereocenters. The molecule has 0 fully saturated rings. The molecule has 5 heteroatoms. The Balaban J connectivity index is 3.04. The molecule has 0 radical (unpaired) electrons. The number of hydrogen-bond acceptors (Lipinski definition) is 4. The lowest BCUT2D eigenvalue weighted by atomic mass is 10.1. The van der Waals surface area contributed by atoms with Gasteiger partial charge in [0.1, 0.15) is 12.0 Å². The normalized spacial score (nSPS) is 10.7. The van der Waals surface area contributed by atoms with Gasteiger partial charge in [-0.25, -0.2) is 4.79 Å². The number of carbonyl (C=O) groups excluding carboxylic acids is 1. The van der Waals surface area contributed by atoms with Crippen LogP contribution in [0.1, 0.15) is 31.6 Å². The van der Waals surface area contributed by atoms with Gasteiger partial charge in [0, 0.05) is 19.4 Å². The van der Waals surface area contributed by atoms with Crippen molar-refractivity contribution in [3.05, 3.63) is 23.7 Å². The highest BCUT2D eigenvalue weighted by molar-refractivity contribution is 5.86. The van der Waals surface area contributed by atoms with Crippen LogP contribution in [0.5, 0.6) is 5.75 Å². The second-order valence-electron chi connectivity index (χ2n) is 3.45. The van der Waals surface area contributed by atoms with Crippen molar-refractivity contribution in [2.45, 2.75) is 26.7 Å². The molecule has 0 amide bonds. The molecular formula is C12H14O5. The summed E-state index contributed by atoms with van der Waals surface area (Å²) in [6, 6.07) is 0. The molecule has 0 aromatic carbocycles. The van der Waals surface area contributed by atoms with Gasteiger partial charge in [0.05, 0.1) is 5.56 Å². The predicted octanol–water partition coefficient (Wildman–Crippen LogP) is 2.26. The molecule has 1 aromatic rings. The number of carbonyl (C=O) groups is 2. The lowest BCUT2D eigenvalue weighted by Crippen LogP contribution is -2.01. The van der Waals surface area contributed by atoms with Crippen LogP contribution in [0.25, 0.3) is 6.08 Å². The maximum absolute atomic E-state index is 10.9. The summed E-state index contributed by atoms with van der Waals surface area (Å²) in [5.74, 6) is -0.680. The van der Waals surface area contributed by atoms with Gasteiger partial charge in [-0.15, -0.1) is 0 Å². The minimum absolute atomic E-state index is 0.249. The topological polar surface area (TPSA) is 76.7 Å². The van der Waals surface area contributed by atoms with E-state index in [0.29, 0.717) is 17.7 Å². The zero-order valence-electron chi connectivity index (χ0n) is 9.73. The zero-order valence-corrected chi connectivity index (χ0v) is 9.73. The Morgan fingerprint density at radius 3 is 2.76 bits per heavy atom. The highest BCUT2D eigenvalue weighted by Crippen LogP contribution is 2.27. The lowest BCUT2D eigenvalue weighted by molar-refractivity contribution is -0.132. The van der Waals surface area contributed by atoms with Gasteiger partial charge in [0.2, 0.25) is 0 Å². The molecule has 0 saturated carbocycles. The number of carboxylic acid groups (broad SMARTS) is 1. The molecule has 0 saturated heterocycles. The second kappa shape index (κ2) is 5.89. The van der Waals surface area contributed by atoms with Crippen LogP contribution in [-0.4, -0.2) is 17.0 Å². The van der Waals surface area contributed by atoms with Crippen molar-refractivity contribution in [2.75, 3.05) is 0 Å². The van der Waals surface area contributed by atoms with Crippen molar-refractivity contribution in [1.82, 2.24) is 0 Å². The molecule has 0 atom stereocenters. The zero-order chi connectivity index (χ0) is 12.8. The molecule has 0 spiro atoms. The summed E-state index contributed by atoms with van der Waals surface area (Å²) in [4.78, 5) is 21.3. The SMILES string of the molecule is CCCc1occ(OC(C)=O)c1/C=C/C(=O)O. The molecule has 0 bridgehead atoms. The highest BCUT2D eigenvalue weighted by Gasteiger charge is 2.13. The van der Waals surface area contributed by atoms with Crippen LogP contribution in [0.3, 0.4) is 0 Å². The molecule has 0 aliphatic heterocycles. The number of esters is 1. The average molecular weight is 238 g/mol. The van der Waals surface area contributed by atoms with Gasteiger partial charge < -0.3 is 14.3 Å². The highest BCUT2D eigenvalue weighted by atomic mass is 16.5. The van der Waals surface area contributed by atoms with Crippen LogP contribution >= 0.6 is 0 Å². The van der Waals surface area contributed by atoms with Crippen molar-refractivity contribution < 1.29 is 23.8 Å². The van der Waals surface area contributed by atoms with Crippen LogP contribution in [0, 0.1) is 0 Å². The fourth-order valence-electron chi connectivity index (χ4n) is 1.37. The first-order valence-corrected chi connectivity index (χ1v) is 5.24. The van der Waals surface area contributed by atoms with Gasteiger partial charge >= 0.3 is 11.9 Å². The van der Waals surface area contributed by atoms with Gasteiger partial charge in [-0.1, -0.05) is 6.92 Å². The smallest absolute Gasteiger partial charge is 0.328 e. The molecule has 5 nitrogen and oxygen atoms in total. The van der Waals surface area contributed by atoms with E-state index in [1.807, 2.05) is 6.92 Å². The van der Waals surface area contributed by atoms with Crippen molar-refractivity contribution >= 4 is 18.0 Å². The number of hydrogen-bond donors (Lipinski definition) is 1. The maximum Gasteiger partial charge on any atom is 0.328 e. The van der Waals surface area contributed by atoms with Gasteiger partial charge in [-0.3, -0.25) is 4.79 Å². The van der Waals surface area contributed by atoms with Gasteiger partial charge in [-0.2, -0.15) is 0 Å². The minimum Gasteiger partial charge on any atom is -0.478 e. The Kier molecular flexibility index (Phi) is 4.51. The second-order valence-corrected chi connectivity index (χ2v) is 3.45. The molecule has 1 N–H and O–H groups in total. The predicted molar refractivity (Wildman–Crippen MR) is 60.7 cm³/mol. The van der Waals surface area contributed by atoms with Crippen LogP contribution in [0.2, 0.25) is 0 Å². The van der Waals surface area contributed by atoms with E-state index in [2.05, 4.69) is 0 Å². The number of carboxylic acids is 1. The van der Waals surface area contributed by atoms with Crippen molar-refractivity contribution in [3.63, 3.8) is 0 Å². The number of aliphatic carboxylic acids is 1.